The Hall–Kier alpha value is -2.71. The second-order valence-electron chi connectivity index (χ2n) is 5.20. The number of carbonyl (C=O) groups excluding carboxylic acids is 2. The Balaban J connectivity index is 2.15. The van der Waals surface area contributed by atoms with Crippen molar-refractivity contribution in [1.82, 2.24) is 0 Å². The molecule has 1 aromatic carbocycles. The average molecular weight is 294 g/mol. The molecular weight excluding hydrogens is 276 g/mol. The largest absolute Gasteiger partial charge is 0.326 e. The van der Waals surface area contributed by atoms with Crippen molar-refractivity contribution in [2.45, 2.75) is 25.2 Å². The predicted molar refractivity (Wildman–Crippen MR) is 87.9 cm³/mol. The van der Waals surface area contributed by atoms with Gasteiger partial charge in [0.2, 0.25) is 12.0 Å². The molecule has 0 atom stereocenters. The van der Waals surface area contributed by atoms with Gasteiger partial charge < -0.3 is 5.32 Å². The summed E-state index contributed by atoms with van der Waals surface area (Å²) < 4.78 is 0. The van der Waals surface area contributed by atoms with Crippen LogP contribution in [-0.2, 0) is 9.59 Å². The number of nitrogens with zero attached hydrogens (tertiary/aromatic N) is 1. The van der Waals surface area contributed by atoms with Gasteiger partial charge >= 0.3 is 0 Å². The second-order valence-corrected chi connectivity index (χ2v) is 5.20. The molecule has 4 nitrogen and oxygen atoms in total. The lowest BCUT2D eigenvalue weighted by atomic mass is 10.1. The SMILES string of the molecule is C=C/C=C(\C=C)CC(=O)Nc1cc(N=C=O)cc(C2CC2)c1. The molecule has 1 aliphatic carbocycles. The molecule has 0 bridgehead atoms. The molecule has 0 unspecified atom stereocenters. The van der Waals surface area contributed by atoms with E-state index in [9.17, 15) is 9.59 Å². The quantitative estimate of drug-likeness (QED) is 0.466. The number of amides is 1. The number of isocyanates is 1. The Kier molecular flexibility index (Phi) is 5.23. The summed E-state index contributed by atoms with van der Waals surface area (Å²) in [5, 5.41) is 2.84. The summed E-state index contributed by atoms with van der Waals surface area (Å²) in [5.41, 5.74) is 3.04. The first kappa shape index (κ1) is 15.7. The lowest BCUT2D eigenvalue weighted by Gasteiger charge is -2.09. The first-order valence-electron chi connectivity index (χ1n) is 7.13. The maximum Gasteiger partial charge on any atom is 0.240 e. The molecule has 4 heteroatoms. The summed E-state index contributed by atoms with van der Waals surface area (Å²) in [7, 11) is 0. The molecule has 1 saturated carbocycles. The summed E-state index contributed by atoms with van der Waals surface area (Å²) in [5.74, 6) is 0.351. The number of carbonyl (C=O) groups is 1. The van der Waals surface area contributed by atoms with E-state index in [4.69, 9.17) is 0 Å². The zero-order chi connectivity index (χ0) is 15.9. The highest BCUT2D eigenvalue weighted by Crippen LogP contribution is 2.42. The van der Waals surface area contributed by atoms with Gasteiger partial charge in [0.1, 0.15) is 0 Å². The molecule has 1 fully saturated rings. The number of nitrogens with one attached hydrogen (secondary N) is 1. The summed E-state index contributed by atoms with van der Waals surface area (Å²) in [6.07, 6.45) is 9.01. The van der Waals surface area contributed by atoms with Crippen LogP contribution in [0.2, 0.25) is 0 Å². The average Bonchev–Trinajstić information content (AvgIpc) is 3.31. The Labute approximate surface area is 130 Å². The Bertz CT molecular complexity index is 678. The van der Waals surface area contributed by atoms with Crippen molar-refractivity contribution in [3.63, 3.8) is 0 Å². The number of aliphatic imine (C=N–C) groups is 1. The molecule has 1 amide bonds. The van der Waals surface area contributed by atoms with Crippen molar-refractivity contribution in [2.75, 3.05) is 5.32 Å². The predicted octanol–water partition coefficient (Wildman–Crippen LogP) is 4.16. The molecular formula is C18H18N2O2. The van der Waals surface area contributed by atoms with Crippen molar-refractivity contribution in [3.8, 4) is 0 Å². The first-order chi connectivity index (χ1) is 10.7. The summed E-state index contributed by atoms with van der Waals surface area (Å²) in [6, 6.07) is 5.47. The topological polar surface area (TPSA) is 58.5 Å². The molecule has 2 rings (SSSR count). The van der Waals surface area contributed by atoms with Crippen LogP contribution in [0.1, 0.15) is 30.7 Å². The van der Waals surface area contributed by atoms with Gasteiger partial charge in [0, 0.05) is 5.69 Å². The summed E-state index contributed by atoms with van der Waals surface area (Å²) in [6.45, 7) is 7.27. The fourth-order valence-corrected chi connectivity index (χ4v) is 2.22. The van der Waals surface area contributed by atoms with Crippen LogP contribution in [-0.4, -0.2) is 12.0 Å². The van der Waals surface area contributed by atoms with E-state index < -0.39 is 0 Å². The number of hydrogen-bond donors (Lipinski definition) is 1. The molecule has 22 heavy (non-hydrogen) atoms. The third-order valence-corrected chi connectivity index (χ3v) is 3.41. The Morgan fingerprint density at radius 1 is 1.36 bits per heavy atom. The lowest BCUT2D eigenvalue weighted by molar-refractivity contribution is -0.115. The summed E-state index contributed by atoms with van der Waals surface area (Å²) in [4.78, 5) is 26.2. The third kappa shape index (κ3) is 4.40. The summed E-state index contributed by atoms with van der Waals surface area (Å²) >= 11 is 0. The van der Waals surface area contributed by atoms with Crippen molar-refractivity contribution in [3.05, 3.63) is 60.7 Å². The molecule has 0 aliphatic heterocycles. The van der Waals surface area contributed by atoms with Crippen molar-refractivity contribution < 1.29 is 9.59 Å². The van der Waals surface area contributed by atoms with Gasteiger partial charge in [-0.2, -0.15) is 4.99 Å². The van der Waals surface area contributed by atoms with Gasteiger partial charge in [-0.1, -0.05) is 31.4 Å². The van der Waals surface area contributed by atoms with Gasteiger partial charge in [-0.3, -0.25) is 4.79 Å². The third-order valence-electron chi connectivity index (χ3n) is 3.41. The lowest BCUT2D eigenvalue weighted by Crippen LogP contribution is -2.12. The van der Waals surface area contributed by atoms with Crippen LogP contribution >= 0.6 is 0 Å². The van der Waals surface area contributed by atoms with E-state index in [1.54, 1.807) is 24.3 Å². The number of benzene rings is 1. The van der Waals surface area contributed by atoms with Gasteiger partial charge in [0.15, 0.2) is 0 Å². The highest BCUT2D eigenvalue weighted by molar-refractivity contribution is 5.93. The Morgan fingerprint density at radius 2 is 2.14 bits per heavy atom. The van der Waals surface area contributed by atoms with Crippen molar-refractivity contribution >= 4 is 23.4 Å². The van der Waals surface area contributed by atoms with Crippen LogP contribution < -0.4 is 5.32 Å². The molecule has 0 heterocycles. The minimum absolute atomic E-state index is 0.151. The number of allylic oxidation sites excluding steroid dienone is 3. The van der Waals surface area contributed by atoms with Crippen LogP contribution in [0.3, 0.4) is 0 Å². The normalized spacial score (nSPS) is 13.9. The van der Waals surface area contributed by atoms with Gasteiger partial charge in [-0.15, -0.1) is 0 Å². The van der Waals surface area contributed by atoms with Gasteiger partial charge in [-0.25, -0.2) is 4.79 Å². The molecule has 112 valence electrons. The second kappa shape index (κ2) is 7.34. The van der Waals surface area contributed by atoms with E-state index >= 15 is 0 Å². The van der Waals surface area contributed by atoms with Crippen LogP contribution in [0, 0.1) is 0 Å². The smallest absolute Gasteiger partial charge is 0.240 e. The number of rotatable bonds is 7. The van der Waals surface area contributed by atoms with Gasteiger partial charge in [-0.05, 0) is 48.1 Å². The van der Waals surface area contributed by atoms with Crippen molar-refractivity contribution in [1.29, 1.82) is 0 Å². The molecule has 1 aromatic rings. The van der Waals surface area contributed by atoms with E-state index in [0.717, 1.165) is 24.0 Å². The molecule has 0 radical (unpaired) electrons. The van der Waals surface area contributed by atoms with E-state index in [1.807, 2.05) is 12.1 Å². The highest BCUT2D eigenvalue weighted by Gasteiger charge is 2.24. The van der Waals surface area contributed by atoms with E-state index in [2.05, 4.69) is 23.5 Å². The number of hydrogen-bond acceptors (Lipinski definition) is 3. The first-order valence-corrected chi connectivity index (χ1v) is 7.13. The Morgan fingerprint density at radius 3 is 2.73 bits per heavy atom. The zero-order valence-corrected chi connectivity index (χ0v) is 12.3. The van der Waals surface area contributed by atoms with E-state index in [1.165, 1.54) is 6.08 Å². The molecule has 0 aromatic heterocycles. The molecule has 1 N–H and O–H groups in total. The van der Waals surface area contributed by atoms with Crippen molar-refractivity contribution in [2.24, 2.45) is 4.99 Å². The standard InChI is InChI=1S/C18H18N2O2/c1-3-5-13(4-2)8-18(22)20-17-10-15(14-6-7-14)9-16(11-17)19-12-21/h3-5,9-11,14H,1-2,6-8H2,(H,20,22)/b13-5+. The minimum Gasteiger partial charge on any atom is -0.326 e. The molecule has 1 aliphatic rings. The zero-order valence-electron chi connectivity index (χ0n) is 12.3. The van der Waals surface area contributed by atoms with E-state index in [0.29, 0.717) is 17.3 Å². The van der Waals surface area contributed by atoms with Crippen LogP contribution in [0.4, 0.5) is 11.4 Å². The minimum atomic E-state index is -0.151. The van der Waals surface area contributed by atoms with Crippen LogP contribution in [0.5, 0.6) is 0 Å². The molecule has 0 saturated heterocycles. The maximum absolute atomic E-state index is 12.1. The highest BCUT2D eigenvalue weighted by atomic mass is 16.1. The fraction of sp³-hybridized carbons (Fsp3) is 0.222. The maximum atomic E-state index is 12.1. The van der Waals surface area contributed by atoms with Crippen LogP contribution in [0.15, 0.2) is 60.2 Å². The van der Waals surface area contributed by atoms with Crippen LogP contribution in [0.25, 0.3) is 0 Å². The van der Waals surface area contributed by atoms with E-state index in [-0.39, 0.29) is 12.3 Å². The molecule has 0 spiro atoms. The number of anilines is 1. The fourth-order valence-electron chi connectivity index (χ4n) is 2.22. The van der Waals surface area contributed by atoms with Gasteiger partial charge in [0.25, 0.3) is 0 Å². The van der Waals surface area contributed by atoms with Gasteiger partial charge in [0.05, 0.1) is 12.1 Å². The monoisotopic (exact) mass is 294 g/mol.